The largest absolute Gasteiger partial charge is 0.333 e. The van der Waals surface area contributed by atoms with Crippen molar-refractivity contribution in [2.24, 2.45) is 11.8 Å². The molecular formula is C17H30FO4P. The molecule has 4 nitrogen and oxygen atoms in total. The third kappa shape index (κ3) is 4.87. The number of carbonyl (C=O) groups excluding carboxylic acids is 1. The first-order chi connectivity index (χ1) is 11.0. The molecule has 0 spiro atoms. The Morgan fingerprint density at radius 3 is 1.78 bits per heavy atom. The van der Waals surface area contributed by atoms with E-state index in [4.69, 9.17) is 9.05 Å². The highest BCUT2D eigenvalue weighted by Crippen LogP contribution is 2.58. The lowest BCUT2D eigenvalue weighted by Gasteiger charge is -2.34. The van der Waals surface area contributed by atoms with Gasteiger partial charge in [-0.2, -0.15) is 0 Å². The predicted octanol–water partition coefficient (Wildman–Crippen LogP) is 4.91. The second-order valence-electron chi connectivity index (χ2n) is 6.73. The zero-order chi connectivity index (χ0) is 16.9. The molecule has 0 aliphatic heterocycles. The van der Waals surface area contributed by atoms with Crippen LogP contribution in [0.2, 0.25) is 0 Å². The Balaban J connectivity index is 1.87. The highest BCUT2D eigenvalue weighted by atomic mass is 31.2. The second kappa shape index (κ2) is 8.73. The molecule has 0 atom stereocenters. The van der Waals surface area contributed by atoms with Crippen molar-refractivity contribution in [3.63, 3.8) is 0 Å². The van der Waals surface area contributed by atoms with Crippen molar-refractivity contribution in [3.05, 3.63) is 0 Å². The van der Waals surface area contributed by atoms with Gasteiger partial charge in [-0.15, -0.1) is 0 Å². The van der Waals surface area contributed by atoms with Gasteiger partial charge in [0.2, 0.25) is 0 Å². The highest BCUT2D eigenvalue weighted by molar-refractivity contribution is 7.54. The van der Waals surface area contributed by atoms with Crippen molar-refractivity contribution >= 4 is 13.4 Å². The van der Waals surface area contributed by atoms with Gasteiger partial charge < -0.3 is 9.05 Å². The van der Waals surface area contributed by atoms with Crippen LogP contribution >= 0.6 is 7.60 Å². The average molecular weight is 348 g/mol. The van der Waals surface area contributed by atoms with Crippen LogP contribution in [0.1, 0.15) is 65.2 Å². The lowest BCUT2D eigenvalue weighted by atomic mass is 9.76. The summed E-state index contributed by atoms with van der Waals surface area (Å²) >= 11 is 0. The van der Waals surface area contributed by atoms with E-state index < -0.39 is 13.8 Å². The van der Waals surface area contributed by atoms with Crippen LogP contribution in [0.25, 0.3) is 0 Å². The fourth-order valence-corrected chi connectivity index (χ4v) is 6.10. The van der Waals surface area contributed by atoms with Crippen LogP contribution in [0, 0.1) is 11.8 Å². The summed E-state index contributed by atoms with van der Waals surface area (Å²) < 4.78 is 36.9. The summed E-state index contributed by atoms with van der Waals surface area (Å²) in [6, 6.07) is 0. The Bertz CT molecular complexity index is 416. The maximum Gasteiger partial charge on any atom is 0.333 e. The molecule has 0 bridgehead atoms. The number of halogens is 1. The van der Waals surface area contributed by atoms with Crippen molar-refractivity contribution in [2.75, 3.05) is 13.2 Å². The highest BCUT2D eigenvalue weighted by Gasteiger charge is 2.40. The third-order valence-electron chi connectivity index (χ3n) is 5.22. The number of hydrogen-bond donors (Lipinski definition) is 0. The Labute approximate surface area is 139 Å². The minimum absolute atomic E-state index is 0.0362. The Hall–Kier alpha value is -0.250. The molecule has 6 heteroatoms. The number of hydrogen-bond acceptors (Lipinski definition) is 4. The number of ketones is 1. The van der Waals surface area contributed by atoms with E-state index in [1.165, 1.54) is 0 Å². The minimum atomic E-state index is -3.05. The Morgan fingerprint density at radius 1 is 0.913 bits per heavy atom. The second-order valence-corrected chi connectivity index (χ2v) is 9.06. The molecule has 2 aliphatic carbocycles. The Morgan fingerprint density at radius 2 is 1.35 bits per heavy atom. The first kappa shape index (κ1) is 19.1. The molecule has 0 unspecified atom stereocenters. The normalized spacial score (nSPS) is 32.7. The molecule has 0 amide bonds. The SMILES string of the molecule is CCOP(=O)(OCC)C1CCC(C(=O)C2CCC(F)CC2)CC1. The summed E-state index contributed by atoms with van der Waals surface area (Å²) in [5, 5.41) is 0. The Kier molecular flexibility index (Phi) is 7.24. The quantitative estimate of drug-likeness (QED) is 0.614. The molecule has 0 aromatic rings. The van der Waals surface area contributed by atoms with Crippen LogP contribution in [0.5, 0.6) is 0 Å². The maximum absolute atomic E-state index is 13.2. The van der Waals surface area contributed by atoms with E-state index in [9.17, 15) is 13.8 Å². The molecule has 2 fully saturated rings. The standard InChI is InChI=1S/C17H30FO4P/c1-3-21-23(20,22-4-2)16-11-7-14(8-12-16)17(19)13-5-9-15(18)10-6-13/h13-16H,3-12H2,1-2H3. The van der Waals surface area contributed by atoms with Crippen LogP contribution in [-0.2, 0) is 18.4 Å². The van der Waals surface area contributed by atoms with E-state index in [1.807, 2.05) is 13.8 Å². The zero-order valence-electron chi connectivity index (χ0n) is 14.3. The fraction of sp³-hybridized carbons (Fsp3) is 0.941. The van der Waals surface area contributed by atoms with E-state index in [2.05, 4.69) is 0 Å². The van der Waals surface area contributed by atoms with Crippen LogP contribution in [0.4, 0.5) is 4.39 Å². The van der Waals surface area contributed by atoms with Gasteiger partial charge in [0.1, 0.15) is 12.0 Å². The van der Waals surface area contributed by atoms with Crippen LogP contribution in [0.3, 0.4) is 0 Å². The lowest BCUT2D eigenvalue weighted by Crippen LogP contribution is -2.32. The monoisotopic (exact) mass is 348 g/mol. The third-order valence-corrected chi connectivity index (χ3v) is 7.87. The molecule has 0 aromatic carbocycles. The molecule has 0 aromatic heterocycles. The lowest BCUT2D eigenvalue weighted by molar-refractivity contribution is -0.129. The number of alkyl halides is 1. The molecule has 0 heterocycles. The molecule has 2 saturated carbocycles. The fourth-order valence-electron chi connectivity index (χ4n) is 3.96. The van der Waals surface area contributed by atoms with E-state index >= 15 is 0 Å². The molecule has 0 saturated heterocycles. The molecule has 2 aliphatic rings. The first-order valence-corrected chi connectivity index (χ1v) is 10.7. The summed E-state index contributed by atoms with van der Waals surface area (Å²) in [7, 11) is -3.05. The molecule has 23 heavy (non-hydrogen) atoms. The number of rotatable bonds is 7. The van der Waals surface area contributed by atoms with E-state index in [-0.39, 0.29) is 17.5 Å². The average Bonchev–Trinajstić information content (AvgIpc) is 2.55. The van der Waals surface area contributed by atoms with Crippen molar-refractivity contribution < 1.29 is 22.8 Å². The van der Waals surface area contributed by atoms with Crippen LogP contribution < -0.4 is 0 Å². The van der Waals surface area contributed by atoms with Gasteiger partial charge in [0.25, 0.3) is 0 Å². The van der Waals surface area contributed by atoms with Crippen molar-refractivity contribution in [1.82, 2.24) is 0 Å². The van der Waals surface area contributed by atoms with E-state index in [1.54, 1.807) is 0 Å². The summed E-state index contributed by atoms with van der Waals surface area (Å²) in [4.78, 5) is 12.6. The van der Waals surface area contributed by atoms with Gasteiger partial charge in [-0.3, -0.25) is 9.36 Å². The molecular weight excluding hydrogens is 318 g/mol. The number of Topliss-reactive ketones (excluding diaryl/α,β-unsaturated/α-hetero) is 1. The predicted molar refractivity (Wildman–Crippen MR) is 88.5 cm³/mol. The summed E-state index contributed by atoms with van der Waals surface area (Å²) in [6.07, 6.45) is 4.64. The minimum Gasteiger partial charge on any atom is -0.309 e. The van der Waals surface area contributed by atoms with E-state index in [0.717, 1.165) is 12.8 Å². The van der Waals surface area contributed by atoms with Gasteiger partial charge in [0, 0.05) is 11.8 Å². The summed E-state index contributed by atoms with van der Waals surface area (Å²) in [5.74, 6) is 0.385. The van der Waals surface area contributed by atoms with Crippen molar-refractivity contribution in [1.29, 1.82) is 0 Å². The summed E-state index contributed by atoms with van der Waals surface area (Å²) in [6.45, 7) is 4.40. The van der Waals surface area contributed by atoms with Crippen LogP contribution in [0.15, 0.2) is 0 Å². The molecule has 0 radical (unpaired) electrons. The van der Waals surface area contributed by atoms with Gasteiger partial charge >= 0.3 is 7.60 Å². The maximum atomic E-state index is 13.2. The van der Waals surface area contributed by atoms with Gasteiger partial charge in [0.05, 0.1) is 18.9 Å². The molecule has 0 N–H and O–H groups in total. The molecule has 134 valence electrons. The van der Waals surface area contributed by atoms with Crippen molar-refractivity contribution in [2.45, 2.75) is 77.0 Å². The zero-order valence-corrected chi connectivity index (χ0v) is 15.2. The van der Waals surface area contributed by atoms with Crippen molar-refractivity contribution in [3.8, 4) is 0 Å². The first-order valence-electron chi connectivity index (χ1n) is 9.06. The van der Waals surface area contributed by atoms with Gasteiger partial charge in [-0.1, -0.05) is 0 Å². The topological polar surface area (TPSA) is 52.6 Å². The van der Waals surface area contributed by atoms with Gasteiger partial charge in [-0.25, -0.2) is 4.39 Å². The van der Waals surface area contributed by atoms with Crippen LogP contribution in [-0.4, -0.2) is 30.8 Å². The van der Waals surface area contributed by atoms with Gasteiger partial charge in [0.15, 0.2) is 0 Å². The van der Waals surface area contributed by atoms with E-state index in [0.29, 0.717) is 57.5 Å². The van der Waals surface area contributed by atoms with Gasteiger partial charge in [-0.05, 0) is 65.2 Å². The summed E-state index contributed by atoms with van der Waals surface area (Å²) in [5.41, 5.74) is -0.0898. The number of carbonyl (C=O) groups is 1. The molecule has 2 rings (SSSR count). The smallest absolute Gasteiger partial charge is 0.309 e.